The average molecular weight is 563 g/mol. The maximum absolute atomic E-state index is 12.7. The first-order chi connectivity index (χ1) is 19.4. The van der Waals surface area contributed by atoms with Crippen molar-refractivity contribution in [3.8, 4) is 28.0 Å². The normalized spacial score (nSPS) is 11.6. The van der Waals surface area contributed by atoms with E-state index in [0.29, 0.717) is 4.90 Å². The zero-order valence-corrected chi connectivity index (χ0v) is 26.1. The number of ether oxygens (including phenoxy) is 1. The molecule has 0 bridgehead atoms. The van der Waals surface area contributed by atoms with Gasteiger partial charge in [0.2, 0.25) is 0 Å². The van der Waals surface area contributed by atoms with Crippen LogP contribution >= 0.6 is 0 Å². The lowest BCUT2D eigenvalue weighted by Crippen LogP contribution is -2.06. The van der Waals surface area contributed by atoms with Crippen LogP contribution in [0.4, 0.5) is 0 Å². The second-order valence-corrected chi connectivity index (χ2v) is 13.4. The number of hydrogen-bond acceptors (Lipinski definition) is 3. The molecule has 4 heteroatoms. The molecule has 3 nitrogen and oxygen atoms in total. The molecule has 0 aliphatic heterocycles. The Labute approximate surface area is 244 Å². The molecular formula is C36H50O3S. The van der Waals surface area contributed by atoms with Crippen molar-refractivity contribution in [2.45, 2.75) is 110 Å². The van der Waals surface area contributed by atoms with Gasteiger partial charge in [-0.25, -0.2) is 8.42 Å². The highest BCUT2D eigenvalue weighted by molar-refractivity contribution is 7.91. The molecule has 0 unspecified atom stereocenters. The number of rotatable bonds is 18. The molecule has 0 aliphatic rings. The molecule has 40 heavy (non-hydrogen) atoms. The standard InChI is InChI=1S/C36H50O3S/c1-5-7-9-11-12-13-14-15-25-39-36-29(3)27-34(28-30(36)4)33-19-17-31(18-20-33)32-21-23-35(24-22-32)40(37,38)26-16-10-8-6-2/h17-24,27-28H,5-16,25-26H2,1-4H3. The van der Waals surface area contributed by atoms with Crippen molar-refractivity contribution in [3.63, 3.8) is 0 Å². The van der Waals surface area contributed by atoms with Gasteiger partial charge in [0.05, 0.1) is 17.3 Å². The molecule has 0 saturated heterocycles. The summed E-state index contributed by atoms with van der Waals surface area (Å²) in [4.78, 5) is 0.417. The van der Waals surface area contributed by atoms with E-state index in [2.05, 4.69) is 64.1 Å². The number of unbranched alkanes of at least 4 members (excludes halogenated alkanes) is 10. The first-order valence-corrected chi connectivity index (χ1v) is 17.2. The van der Waals surface area contributed by atoms with Crippen LogP contribution in [0.2, 0.25) is 0 Å². The van der Waals surface area contributed by atoms with Gasteiger partial charge in [-0.05, 0) is 84.3 Å². The summed E-state index contributed by atoms with van der Waals surface area (Å²) in [5.74, 6) is 1.24. The summed E-state index contributed by atoms with van der Waals surface area (Å²) in [7, 11) is -3.22. The zero-order valence-electron chi connectivity index (χ0n) is 25.3. The van der Waals surface area contributed by atoms with Gasteiger partial charge in [-0.15, -0.1) is 0 Å². The zero-order chi connectivity index (χ0) is 28.8. The van der Waals surface area contributed by atoms with Crippen LogP contribution in [0, 0.1) is 13.8 Å². The SMILES string of the molecule is CCCCCCCCCCOc1c(C)cc(-c2ccc(-c3ccc(S(=O)(=O)CCCCCC)cc3)cc2)cc1C. The quantitative estimate of drug-likeness (QED) is 0.145. The summed E-state index contributed by atoms with van der Waals surface area (Å²) >= 11 is 0. The Kier molecular flexibility index (Phi) is 13.3. The Morgan fingerprint density at radius 1 is 0.550 bits per heavy atom. The number of benzene rings is 3. The minimum absolute atomic E-state index is 0.225. The lowest BCUT2D eigenvalue weighted by atomic mass is 9.97. The predicted molar refractivity (Wildman–Crippen MR) is 171 cm³/mol. The Morgan fingerprint density at radius 2 is 0.975 bits per heavy atom. The largest absolute Gasteiger partial charge is 0.493 e. The fourth-order valence-corrected chi connectivity index (χ4v) is 6.67. The highest BCUT2D eigenvalue weighted by Crippen LogP contribution is 2.32. The Morgan fingerprint density at radius 3 is 1.50 bits per heavy atom. The van der Waals surface area contributed by atoms with Crippen LogP contribution in [0.1, 0.15) is 102 Å². The fourth-order valence-electron chi connectivity index (χ4n) is 5.30. The molecule has 3 rings (SSSR count). The van der Waals surface area contributed by atoms with Crippen LogP contribution in [0.5, 0.6) is 5.75 Å². The number of sulfone groups is 1. The molecule has 0 spiro atoms. The van der Waals surface area contributed by atoms with Crippen molar-refractivity contribution in [1.29, 1.82) is 0 Å². The maximum atomic E-state index is 12.7. The van der Waals surface area contributed by atoms with Gasteiger partial charge in [-0.1, -0.05) is 114 Å². The van der Waals surface area contributed by atoms with Crippen molar-refractivity contribution in [3.05, 3.63) is 71.8 Å². The van der Waals surface area contributed by atoms with E-state index in [4.69, 9.17) is 4.74 Å². The van der Waals surface area contributed by atoms with Crippen LogP contribution in [0.15, 0.2) is 65.6 Å². The molecule has 218 valence electrons. The summed E-state index contributed by atoms with van der Waals surface area (Å²) in [6.45, 7) is 9.44. The van der Waals surface area contributed by atoms with Crippen LogP contribution in [0.25, 0.3) is 22.3 Å². The minimum atomic E-state index is -3.22. The summed E-state index contributed by atoms with van der Waals surface area (Å²) in [5.41, 5.74) is 6.79. The summed E-state index contributed by atoms with van der Waals surface area (Å²) in [6, 6.07) is 20.3. The van der Waals surface area contributed by atoms with Gasteiger partial charge in [-0.3, -0.25) is 0 Å². The minimum Gasteiger partial charge on any atom is -0.493 e. The summed E-state index contributed by atoms with van der Waals surface area (Å²) in [6.07, 6.45) is 14.3. The van der Waals surface area contributed by atoms with E-state index >= 15 is 0 Å². The first-order valence-electron chi connectivity index (χ1n) is 15.5. The second kappa shape index (κ2) is 16.6. The smallest absolute Gasteiger partial charge is 0.178 e. The first kappa shape index (κ1) is 31.9. The van der Waals surface area contributed by atoms with Gasteiger partial charge in [0.15, 0.2) is 9.84 Å². The molecule has 3 aromatic rings. The van der Waals surface area contributed by atoms with Crippen molar-refractivity contribution < 1.29 is 13.2 Å². The van der Waals surface area contributed by atoms with Crippen molar-refractivity contribution >= 4 is 9.84 Å². The van der Waals surface area contributed by atoms with Gasteiger partial charge in [0, 0.05) is 0 Å². The van der Waals surface area contributed by atoms with E-state index in [9.17, 15) is 8.42 Å². The third-order valence-electron chi connectivity index (χ3n) is 7.74. The molecule has 0 amide bonds. The molecule has 0 saturated carbocycles. The van der Waals surface area contributed by atoms with E-state index in [1.807, 2.05) is 12.1 Å². The lowest BCUT2D eigenvalue weighted by Gasteiger charge is -2.15. The lowest BCUT2D eigenvalue weighted by molar-refractivity contribution is 0.300. The highest BCUT2D eigenvalue weighted by Gasteiger charge is 2.14. The number of aryl methyl sites for hydroxylation is 2. The van der Waals surface area contributed by atoms with E-state index in [0.717, 1.165) is 61.2 Å². The van der Waals surface area contributed by atoms with Crippen LogP contribution < -0.4 is 4.74 Å². The molecule has 0 aliphatic carbocycles. The summed E-state index contributed by atoms with van der Waals surface area (Å²) in [5, 5.41) is 0. The third-order valence-corrected chi connectivity index (χ3v) is 9.55. The van der Waals surface area contributed by atoms with Gasteiger partial charge in [-0.2, -0.15) is 0 Å². The predicted octanol–water partition coefficient (Wildman–Crippen LogP) is 10.5. The Hall–Kier alpha value is -2.59. The molecular weight excluding hydrogens is 512 g/mol. The topological polar surface area (TPSA) is 43.4 Å². The number of hydrogen-bond donors (Lipinski definition) is 0. The molecule has 0 atom stereocenters. The van der Waals surface area contributed by atoms with Gasteiger partial charge >= 0.3 is 0 Å². The van der Waals surface area contributed by atoms with Gasteiger partial charge in [0.25, 0.3) is 0 Å². The average Bonchev–Trinajstić information content (AvgIpc) is 2.95. The Balaban J connectivity index is 1.56. The molecule has 0 aromatic heterocycles. The molecule has 3 aromatic carbocycles. The van der Waals surface area contributed by atoms with Crippen LogP contribution in [0.3, 0.4) is 0 Å². The van der Waals surface area contributed by atoms with E-state index < -0.39 is 9.84 Å². The van der Waals surface area contributed by atoms with Crippen molar-refractivity contribution in [2.24, 2.45) is 0 Å². The molecule has 0 heterocycles. The van der Waals surface area contributed by atoms with E-state index in [1.54, 1.807) is 12.1 Å². The van der Waals surface area contributed by atoms with Crippen molar-refractivity contribution in [2.75, 3.05) is 12.4 Å². The molecule has 0 fully saturated rings. The second-order valence-electron chi connectivity index (χ2n) is 11.2. The molecule has 0 N–H and O–H groups in total. The fraction of sp³-hybridized carbons (Fsp3) is 0.500. The molecule has 0 radical (unpaired) electrons. The van der Waals surface area contributed by atoms with Crippen LogP contribution in [-0.2, 0) is 9.84 Å². The van der Waals surface area contributed by atoms with Crippen molar-refractivity contribution in [1.82, 2.24) is 0 Å². The summed E-state index contributed by atoms with van der Waals surface area (Å²) < 4.78 is 31.5. The van der Waals surface area contributed by atoms with Gasteiger partial charge in [0.1, 0.15) is 5.75 Å². The van der Waals surface area contributed by atoms with Crippen LogP contribution in [-0.4, -0.2) is 20.8 Å². The van der Waals surface area contributed by atoms with E-state index in [1.165, 1.54) is 61.6 Å². The van der Waals surface area contributed by atoms with Gasteiger partial charge < -0.3 is 4.74 Å². The highest BCUT2D eigenvalue weighted by atomic mass is 32.2. The third kappa shape index (κ3) is 9.80. The Bertz CT molecular complexity index is 1240. The van der Waals surface area contributed by atoms with E-state index in [-0.39, 0.29) is 5.75 Å². The maximum Gasteiger partial charge on any atom is 0.178 e. The monoisotopic (exact) mass is 562 g/mol.